The summed E-state index contributed by atoms with van der Waals surface area (Å²) in [4.78, 5) is 14.5. The third kappa shape index (κ3) is 4.85. The van der Waals surface area contributed by atoms with Gasteiger partial charge in [-0.2, -0.15) is 0 Å². The molecule has 2 aromatic carbocycles. The first-order chi connectivity index (χ1) is 11.1. The Hall–Kier alpha value is -2.29. The molecular weight excluding hydrogens is 284 g/mol. The average Bonchev–Trinajstić information content (AvgIpc) is 2.58. The fourth-order valence-electron chi connectivity index (χ4n) is 2.61. The minimum absolute atomic E-state index is 0.120. The Bertz CT molecular complexity index is 623. The van der Waals surface area contributed by atoms with Crippen molar-refractivity contribution >= 4 is 11.6 Å². The Balaban J connectivity index is 2.01. The van der Waals surface area contributed by atoms with Gasteiger partial charge in [-0.05, 0) is 37.5 Å². The molecule has 0 bridgehead atoms. The zero-order valence-electron chi connectivity index (χ0n) is 14.3. The van der Waals surface area contributed by atoms with E-state index in [4.69, 9.17) is 0 Å². The zero-order valence-corrected chi connectivity index (χ0v) is 14.3. The minimum Gasteiger partial charge on any atom is -0.376 e. The summed E-state index contributed by atoms with van der Waals surface area (Å²) < 4.78 is 0. The Morgan fingerprint density at radius 3 is 2.35 bits per heavy atom. The lowest BCUT2D eigenvalue weighted by atomic mass is 10.1. The summed E-state index contributed by atoms with van der Waals surface area (Å²) in [5.41, 5.74) is 3.44. The van der Waals surface area contributed by atoms with Crippen molar-refractivity contribution < 1.29 is 4.79 Å². The van der Waals surface area contributed by atoms with E-state index < -0.39 is 0 Å². The highest BCUT2D eigenvalue weighted by atomic mass is 16.2. The zero-order chi connectivity index (χ0) is 16.7. The molecule has 3 nitrogen and oxygen atoms in total. The second kappa shape index (κ2) is 8.37. The van der Waals surface area contributed by atoms with Crippen molar-refractivity contribution in [3.05, 3.63) is 65.7 Å². The van der Waals surface area contributed by atoms with E-state index >= 15 is 0 Å². The summed E-state index contributed by atoms with van der Waals surface area (Å²) in [6.45, 7) is 7.20. The smallest absolute Gasteiger partial charge is 0.242 e. The number of hydrogen-bond donors (Lipinski definition) is 1. The van der Waals surface area contributed by atoms with Gasteiger partial charge in [0.25, 0.3) is 0 Å². The number of carbonyl (C=O) groups is 1. The van der Waals surface area contributed by atoms with Crippen LogP contribution in [0.1, 0.15) is 31.9 Å². The third-order valence-electron chi connectivity index (χ3n) is 3.97. The van der Waals surface area contributed by atoms with Crippen molar-refractivity contribution in [1.29, 1.82) is 0 Å². The quantitative estimate of drug-likeness (QED) is 0.835. The Morgan fingerprint density at radius 2 is 1.70 bits per heavy atom. The minimum atomic E-state index is 0.120. The maximum atomic E-state index is 12.6. The Morgan fingerprint density at radius 1 is 1.04 bits per heavy atom. The summed E-state index contributed by atoms with van der Waals surface area (Å²) in [7, 11) is 0. The monoisotopic (exact) mass is 310 g/mol. The van der Waals surface area contributed by atoms with Crippen LogP contribution >= 0.6 is 0 Å². The lowest BCUT2D eigenvalue weighted by Crippen LogP contribution is -2.40. The molecule has 0 unspecified atom stereocenters. The molecule has 0 aliphatic rings. The van der Waals surface area contributed by atoms with Crippen LogP contribution in [-0.2, 0) is 17.8 Å². The van der Waals surface area contributed by atoms with Gasteiger partial charge in [-0.1, -0.05) is 55.5 Å². The lowest BCUT2D eigenvalue weighted by Gasteiger charge is -2.27. The predicted molar refractivity (Wildman–Crippen MR) is 96.4 cm³/mol. The molecule has 2 aromatic rings. The number of hydrogen-bond acceptors (Lipinski definition) is 2. The van der Waals surface area contributed by atoms with Crippen LogP contribution in [-0.4, -0.2) is 23.4 Å². The van der Waals surface area contributed by atoms with Gasteiger partial charge >= 0.3 is 0 Å². The molecule has 2 rings (SSSR count). The van der Waals surface area contributed by atoms with E-state index in [1.807, 2.05) is 41.3 Å². The van der Waals surface area contributed by atoms with Crippen LogP contribution in [0, 0.1) is 0 Å². The van der Waals surface area contributed by atoms with Crippen molar-refractivity contribution in [3.8, 4) is 0 Å². The molecule has 3 heteroatoms. The molecule has 23 heavy (non-hydrogen) atoms. The molecule has 1 N–H and O–H groups in total. The number of amides is 1. The number of nitrogens with one attached hydrogen (secondary N) is 1. The Kier molecular flexibility index (Phi) is 6.21. The first-order valence-corrected chi connectivity index (χ1v) is 8.27. The highest BCUT2D eigenvalue weighted by Gasteiger charge is 2.17. The number of benzene rings is 2. The molecule has 0 saturated carbocycles. The summed E-state index contributed by atoms with van der Waals surface area (Å²) in [5.74, 6) is 0.120. The van der Waals surface area contributed by atoms with Crippen LogP contribution in [0.4, 0.5) is 5.69 Å². The molecule has 0 heterocycles. The average molecular weight is 310 g/mol. The van der Waals surface area contributed by atoms with Gasteiger partial charge in [0.1, 0.15) is 0 Å². The van der Waals surface area contributed by atoms with E-state index in [2.05, 4.69) is 44.3 Å². The molecule has 0 aliphatic carbocycles. The van der Waals surface area contributed by atoms with Crippen molar-refractivity contribution in [2.75, 3.05) is 11.9 Å². The Labute approximate surface area is 139 Å². The van der Waals surface area contributed by atoms with Gasteiger partial charge in [-0.15, -0.1) is 0 Å². The van der Waals surface area contributed by atoms with Gasteiger partial charge in [-0.3, -0.25) is 4.79 Å². The molecule has 0 spiro atoms. The van der Waals surface area contributed by atoms with E-state index in [1.54, 1.807) is 0 Å². The number of nitrogens with zero attached hydrogens (tertiary/aromatic N) is 1. The first kappa shape index (κ1) is 17.1. The number of carbonyl (C=O) groups excluding carboxylic acids is 1. The summed E-state index contributed by atoms with van der Waals surface area (Å²) in [6, 6.07) is 18.4. The fourth-order valence-corrected chi connectivity index (χ4v) is 2.61. The number of aryl methyl sites for hydroxylation is 1. The standard InChI is InChI=1S/C20H26N2O/c1-4-18-12-8-9-13-19(18)21-14-20(23)22(16(2)3)15-17-10-6-5-7-11-17/h5-13,16,21H,4,14-15H2,1-3H3. The van der Waals surface area contributed by atoms with Crippen LogP contribution in [0.5, 0.6) is 0 Å². The summed E-state index contributed by atoms with van der Waals surface area (Å²) >= 11 is 0. The van der Waals surface area contributed by atoms with E-state index in [9.17, 15) is 4.79 Å². The van der Waals surface area contributed by atoms with Gasteiger partial charge < -0.3 is 10.2 Å². The molecule has 0 saturated heterocycles. The predicted octanol–water partition coefficient (Wildman–Crippen LogP) is 4.10. The van der Waals surface area contributed by atoms with Gasteiger partial charge in [0, 0.05) is 18.3 Å². The van der Waals surface area contributed by atoms with Crippen LogP contribution in [0.3, 0.4) is 0 Å². The van der Waals surface area contributed by atoms with Crippen molar-refractivity contribution in [2.24, 2.45) is 0 Å². The molecular formula is C20H26N2O. The second-order valence-corrected chi connectivity index (χ2v) is 5.97. The molecule has 122 valence electrons. The van der Waals surface area contributed by atoms with E-state index in [-0.39, 0.29) is 11.9 Å². The number of anilines is 1. The molecule has 0 aliphatic heterocycles. The molecule has 0 radical (unpaired) electrons. The first-order valence-electron chi connectivity index (χ1n) is 8.27. The molecule has 0 aromatic heterocycles. The van der Waals surface area contributed by atoms with Crippen LogP contribution < -0.4 is 5.32 Å². The van der Waals surface area contributed by atoms with Crippen LogP contribution in [0.15, 0.2) is 54.6 Å². The van der Waals surface area contributed by atoms with E-state index in [0.717, 1.165) is 17.7 Å². The normalized spacial score (nSPS) is 10.6. The van der Waals surface area contributed by atoms with Crippen molar-refractivity contribution in [3.63, 3.8) is 0 Å². The molecule has 0 atom stereocenters. The van der Waals surface area contributed by atoms with Crippen LogP contribution in [0.25, 0.3) is 0 Å². The van der Waals surface area contributed by atoms with Gasteiger partial charge in [-0.25, -0.2) is 0 Å². The largest absolute Gasteiger partial charge is 0.376 e. The van der Waals surface area contributed by atoms with Crippen LogP contribution in [0.2, 0.25) is 0 Å². The number of para-hydroxylation sites is 1. The third-order valence-corrected chi connectivity index (χ3v) is 3.97. The lowest BCUT2D eigenvalue weighted by molar-refractivity contribution is -0.131. The second-order valence-electron chi connectivity index (χ2n) is 5.97. The maximum Gasteiger partial charge on any atom is 0.242 e. The van der Waals surface area contributed by atoms with Gasteiger partial charge in [0.05, 0.1) is 6.54 Å². The summed E-state index contributed by atoms with van der Waals surface area (Å²) in [6.07, 6.45) is 0.954. The summed E-state index contributed by atoms with van der Waals surface area (Å²) in [5, 5.41) is 3.29. The fraction of sp³-hybridized carbons (Fsp3) is 0.350. The molecule has 1 amide bonds. The van der Waals surface area contributed by atoms with E-state index in [0.29, 0.717) is 13.1 Å². The SMILES string of the molecule is CCc1ccccc1NCC(=O)N(Cc1ccccc1)C(C)C. The van der Waals surface area contributed by atoms with Gasteiger partial charge in [0.2, 0.25) is 5.91 Å². The number of rotatable bonds is 7. The van der Waals surface area contributed by atoms with Crippen molar-refractivity contribution in [2.45, 2.75) is 39.8 Å². The topological polar surface area (TPSA) is 32.3 Å². The van der Waals surface area contributed by atoms with Crippen molar-refractivity contribution in [1.82, 2.24) is 4.90 Å². The van der Waals surface area contributed by atoms with Gasteiger partial charge in [0.15, 0.2) is 0 Å². The molecule has 0 fully saturated rings. The highest BCUT2D eigenvalue weighted by molar-refractivity contribution is 5.81. The highest BCUT2D eigenvalue weighted by Crippen LogP contribution is 2.15. The maximum absolute atomic E-state index is 12.6. The van der Waals surface area contributed by atoms with E-state index in [1.165, 1.54) is 5.56 Å².